The summed E-state index contributed by atoms with van der Waals surface area (Å²) in [6.07, 6.45) is 2.75. The molecule has 0 radical (unpaired) electrons. The molecule has 1 aliphatic rings. The number of carbonyl (C=O) groups excluding carboxylic acids is 1. The summed E-state index contributed by atoms with van der Waals surface area (Å²) in [6.45, 7) is 4.51. The third-order valence-corrected chi connectivity index (χ3v) is 7.48. The summed E-state index contributed by atoms with van der Waals surface area (Å²) in [4.78, 5) is 17.3. The maximum atomic E-state index is 13.2. The van der Waals surface area contributed by atoms with Crippen molar-refractivity contribution < 1.29 is 22.5 Å². The monoisotopic (exact) mass is 470 g/mol. The van der Waals surface area contributed by atoms with Crippen molar-refractivity contribution in [2.24, 2.45) is 0 Å². The van der Waals surface area contributed by atoms with Crippen LogP contribution in [0.15, 0.2) is 51.9 Å². The lowest BCUT2D eigenvalue weighted by molar-refractivity contribution is 0.102. The SMILES string of the molecule is Cc1nc(COc2ccccc2C(=O)Nc2ccc(C)c(S(=O)(=O)N3CCCCC3)c2)no1. The van der Waals surface area contributed by atoms with Crippen molar-refractivity contribution in [1.82, 2.24) is 14.4 Å². The molecular formula is C23H26N4O5S. The Kier molecular flexibility index (Phi) is 6.75. The van der Waals surface area contributed by atoms with Crippen LogP contribution in [0.1, 0.15) is 46.9 Å². The molecule has 10 heteroatoms. The first-order chi connectivity index (χ1) is 15.8. The average Bonchev–Trinajstić information content (AvgIpc) is 3.24. The number of rotatable bonds is 7. The van der Waals surface area contributed by atoms with Gasteiger partial charge in [-0.3, -0.25) is 4.79 Å². The van der Waals surface area contributed by atoms with Gasteiger partial charge >= 0.3 is 0 Å². The summed E-state index contributed by atoms with van der Waals surface area (Å²) < 4.78 is 38.5. The Hall–Kier alpha value is -3.24. The topological polar surface area (TPSA) is 115 Å². The summed E-state index contributed by atoms with van der Waals surface area (Å²) in [5.41, 5.74) is 1.33. The molecule has 33 heavy (non-hydrogen) atoms. The number of aryl methyl sites for hydroxylation is 2. The quantitative estimate of drug-likeness (QED) is 0.560. The van der Waals surface area contributed by atoms with Crippen molar-refractivity contribution in [1.29, 1.82) is 0 Å². The van der Waals surface area contributed by atoms with Crippen molar-refractivity contribution in [2.75, 3.05) is 18.4 Å². The maximum Gasteiger partial charge on any atom is 0.259 e. The van der Waals surface area contributed by atoms with Crippen LogP contribution in [0.3, 0.4) is 0 Å². The van der Waals surface area contributed by atoms with Gasteiger partial charge in [0, 0.05) is 25.7 Å². The first-order valence-electron chi connectivity index (χ1n) is 10.8. The second-order valence-electron chi connectivity index (χ2n) is 7.91. The van der Waals surface area contributed by atoms with Crippen LogP contribution in [-0.4, -0.2) is 41.9 Å². The number of carbonyl (C=O) groups is 1. The van der Waals surface area contributed by atoms with Gasteiger partial charge in [0.25, 0.3) is 5.91 Å². The van der Waals surface area contributed by atoms with Crippen molar-refractivity contribution in [2.45, 2.75) is 44.6 Å². The second-order valence-corrected chi connectivity index (χ2v) is 9.82. The van der Waals surface area contributed by atoms with Crippen molar-refractivity contribution >= 4 is 21.6 Å². The standard InChI is InChI=1S/C23H26N4O5S/c1-16-10-11-18(14-21(16)33(29,30)27-12-6-3-7-13-27)25-23(28)19-8-4-5-9-20(19)31-15-22-24-17(2)32-26-22/h4-5,8-11,14H,3,6-7,12-13,15H2,1-2H3,(H,25,28). The van der Waals surface area contributed by atoms with Crippen molar-refractivity contribution in [3.63, 3.8) is 0 Å². The van der Waals surface area contributed by atoms with E-state index in [0.717, 1.165) is 19.3 Å². The minimum absolute atomic E-state index is 0.0460. The Labute approximate surface area is 192 Å². The minimum atomic E-state index is -3.63. The maximum absolute atomic E-state index is 13.2. The zero-order valence-electron chi connectivity index (χ0n) is 18.6. The van der Waals surface area contributed by atoms with E-state index < -0.39 is 15.9 Å². The fourth-order valence-corrected chi connectivity index (χ4v) is 5.49. The molecule has 2 aromatic carbocycles. The Bertz CT molecular complexity index is 1250. The third kappa shape index (κ3) is 5.23. The van der Waals surface area contributed by atoms with E-state index in [1.54, 1.807) is 50.2 Å². The molecule has 1 N–H and O–H groups in total. The van der Waals surface area contributed by atoms with Gasteiger partial charge in [-0.05, 0) is 49.6 Å². The largest absolute Gasteiger partial charge is 0.485 e. The molecule has 9 nitrogen and oxygen atoms in total. The van der Waals surface area contributed by atoms with E-state index in [1.165, 1.54) is 10.4 Å². The zero-order chi connectivity index (χ0) is 23.4. The van der Waals surface area contributed by atoms with Crippen LogP contribution in [0.2, 0.25) is 0 Å². The highest BCUT2D eigenvalue weighted by Gasteiger charge is 2.27. The molecule has 0 aliphatic carbocycles. The molecule has 1 saturated heterocycles. The van der Waals surface area contributed by atoms with E-state index in [-0.39, 0.29) is 11.5 Å². The molecule has 1 fully saturated rings. The number of amides is 1. The van der Waals surface area contributed by atoms with Crippen LogP contribution in [-0.2, 0) is 16.6 Å². The number of sulfonamides is 1. The molecule has 0 unspecified atom stereocenters. The highest BCUT2D eigenvalue weighted by molar-refractivity contribution is 7.89. The normalized spacial score (nSPS) is 14.7. The van der Waals surface area contributed by atoms with E-state index in [2.05, 4.69) is 15.5 Å². The molecule has 0 bridgehead atoms. The number of piperidine rings is 1. The second kappa shape index (κ2) is 9.72. The van der Waals surface area contributed by atoms with Crippen LogP contribution in [0.25, 0.3) is 0 Å². The van der Waals surface area contributed by atoms with E-state index in [1.807, 2.05) is 0 Å². The van der Waals surface area contributed by atoms with Crippen LogP contribution in [0.4, 0.5) is 5.69 Å². The fraction of sp³-hybridized carbons (Fsp3) is 0.348. The molecule has 1 aliphatic heterocycles. The molecular weight excluding hydrogens is 444 g/mol. The summed E-state index contributed by atoms with van der Waals surface area (Å²) >= 11 is 0. The van der Waals surface area contributed by atoms with Gasteiger partial charge in [0.05, 0.1) is 10.5 Å². The highest BCUT2D eigenvalue weighted by atomic mass is 32.2. The number of ether oxygens (including phenoxy) is 1. The number of hydrogen-bond donors (Lipinski definition) is 1. The van der Waals surface area contributed by atoms with E-state index in [0.29, 0.717) is 47.4 Å². The number of hydrogen-bond acceptors (Lipinski definition) is 7. The Morgan fingerprint density at radius 2 is 1.88 bits per heavy atom. The lowest BCUT2D eigenvalue weighted by Gasteiger charge is -2.26. The Morgan fingerprint density at radius 1 is 1.12 bits per heavy atom. The number of benzene rings is 2. The van der Waals surface area contributed by atoms with E-state index >= 15 is 0 Å². The summed E-state index contributed by atoms with van der Waals surface area (Å²) in [6, 6.07) is 11.7. The number of nitrogens with one attached hydrogen (secondary N) is 1. The first kappa shape index (κ1) is 22.9. The van der Waals surface area contributed by atoms with Crippen LogP contribution in [0, 0.1) is 13.8 Å². The van der Waals surface area contributed by atoms with Crippen LogP contribution < -0.4 is 10.1 Å². The van der Waals surface area contributed by atoms with E-state index in [9.17, 15) is 13.2 Å². The molecule has 0 saturated carbocycles. The Balaban J connectivity index is 1.53. The molecule has 174 valence electrons. The Morgan fingerprint density at radius 3 is 2.61 bits per heavy atom. The highest BCUT2D eigenvalue weighted by Crippen LogP contribution is 2.27. The van der Waals surface area contributed by atoms with Crippen LogP contribution >= 0.6 is 0 Å². The fourth-order valence-electron chi connectivity index (χ4n) is 3.72. The molecule has 0 atom stereocenters. The first-order valence-corrected chi connectivity index (χ1v) is 12.2. The smallest absolute Gasteiger partial charge is 0.259 e. The van der Waals surface area contributed by atoms with Crippen molar-refractivity contribution in [3.05, 3.63) is 65.3 Å². The number of aromatic nitrogens is 2. The molecule has 1 aromatic heterocycles. The summed E-state index contributed by atoms with van der Waals surface area (Å²) in [5.74, 6) is 0.730. The number of nitrogens with zero attached hydrogens (tertiary/aromatic N) is 3. The molecule has 0 spiro atoms. The predicted octanol–water partition coefficient (Wildman–Crippen LogP) is 3.69. The molecule has 3 aromatic rings. The van der Waals surface area contributed by atoms with Crippen molar-refractivity contribution in [3.8, 4) is 5.75 Å². The average molecular weight is 471 g/mol. The number of anilines is 1. The van der Waals surface area contributed by atoms with Gasteiger partial charge < -0.3 is 14.6 Å². The predicted molar refractivity (Wildman–Crippen MR) is 122 cm³/mol. The molecule has 2 heterocycles. The van der Waals surface area contributed by atoms with Gasteiger partial charge in [-0.2, -0.15) is 9.29 Å². The molecule has 1 amide bonds. The van der Waals surface area contributed by atoms with Crippen LogP contribution in [0.5, 0.6) is 5.75 Å². The van der Waals surface area contributed by atoms with Gasteiger partial charge in [0.1, 0.15) is 5.75 Å². The number of para-hydroxylation sites is 1. The van der Waals surface area contributed by atoms with Gasteiger partial charge in [-0.25, -0.2) is 8.42 Å². The van der Waals surface area contributed by atoms with Gasteiger partial charge in [0.2, 0.25) is 21.7 Å². The van der Waals surface area contributed by atoms with Gasteiger partial charge in [-0.15, -0.1) is 0 Å². The van der Waals surface area contributed by atoms with E-state index in [4.69, 9.17) is 9.26 Å². The third-order valence-electron chi connectivity index (χ3n) is 5.44. The van der Waals surface area contributed by atoms with Gasteiger partial charge in [-0.1, -0.05) is 29.8 Å². The summed E-state index contributed by atoms with van der Waals surface area (Å²) in [7, 11) is -3.63. The zero-order valence-corrected chi connectivity index (χ0v) is 19.4. The molecule has 4 rings (SSSR count). The summed E-state index contributed by atoms with van der Waals surface area (Å²) in [5, 5.41) is 6.57. The lowest BCUT2D eigenvalue weighted by Crippen LogP contribution is -2.36. The lowest BCUT2D eigenvalue weighted by atomic mass is 10.1. The minimum Gasteiger partial charge on any atom is -0.485 e. The van der Waals surface area contributed by atoms with Gasteiger partial charge in [0.15, 0.2) is 6.61 Å².